The zero-order valence-electron chi connectivity index (χ0n) is 25.0. The van der Waals surface area contributed by atoms with Gasteiger partial charge in [-0.25, -0.2) is 4.57 Å². The van der Waals surface area contributed by atoms with E-state index in [0.717, 1.165) is 33.0 Å². The summed E-state index contributed by atoms with van der Waals surface area (Å²) in [6.45, 7) is 4.60. The lowest BCUT2D eigenvalue weighted by atomic mass is 9.72. The smallest absolute Gasteiger partial charge is 0.506 e. The van der Waals surface area contributed by atoms with Gasteiger partial charge in [-0.1, -0.05) is 0 Å². The van der Waals surface area contributed by atoms with E-state index in [1.807, 2.05) is 20.0 Å². The zero-order valence-corrected chi connectivity index (χ0v) is 27.4. The number of halogens is 2. The summed E-state index contributed by atoms with van der Waals surface area (Å²) >= 11 is 12.9. The summed E-state index contributed by atoms with van der Waals surface area (Å²) in [5.41, 5.74) is 4.23. The molecule has 3 aliphatic carbocycles. The number of rotatable bonds is 6. The molecule has 1 spiro atoms. The summed E-state index contributed by atoms with van der Waals surface area (Å²) in [5.74, 6) is 0.267. The quantitative estimate of drug-likeness (QED) is 0.130. The Morgan fingerprint density at radius 3 is 1.89 bits per heavy atom. The van der Waals surface area contributed by atoms with Crippen LogP contribution >= 0.6 is 31.0 Å². The van der Waals surface area contributed by atoms with Crippen molar-refractivity contribution in [2.45, 2.75) is 44.9 Å². The van der Waals surface area contributed by atoms with Crippen molar-refractivity contribution in [1.29, 1.82) is 0 Å². The Hall–Kier alpha value is -3.21. The summed E-state index contributed by atoms with van der Waals surface area (Å²) in [7, 11) is -4.89. The standard InChI is InChI=1S/C32H31Cl2N4O7P/c1-14-7-35-26-20(39)3-18-24(22(14)26)16(5-33)9-37(18)28(40)30-11-31(13-32(30,31)12-30)29(41)38-10-17(6-34)25-19(38)4-21(45-46(42,43)44)27-23(25)15(2)8-36-27/h3-4,7-8,16-17,35-36,39H,5-6,9-13H2,1-2H3,(H2,42,43,44)/t16-,17-,30?,31?,32?/m1/s1. The van der Waals surface area contributed by atoms with Crippen molar-refractivity contribution >= 4 is 76.0 Å². The number of phosphoric ester groups is 1. The number of aromatic nitrogens is 2. The lowest BCUT2D eigenvalue weighted by Gasteiger charge is -2.37. The molecular weight excluding hydrogens is 654 g/mol. The Bertz CT molecular complexity index is 2140. The Morgan fingerprint density at radius 2 is 1.39 bits per heavy atom. The van der Waals surface area contributed by atoms with Gasteiger partial charge in [-0.15, -0.1) is 23.2 Å². The van der Waals surface area contributed by atoms with Gasteiger partial charge in [0.2, 0.25) is 11.8 Å². The van der Waals surface area contributed by atoms with Crippen molar-refractivity contribution in [3.05, 3.63) is 46.8 Å². The molecule has 240 valence electrons. The third-order valence-corrected chi connectivity index (χ3v) is 13.0. The Balaban J connectivity index is 1.05. The summed E-state index contributed by atoms with van der Waals surface area (Å²) in [6.07, 6.45) is 5.26. The first-order chi connectivity index (χ1) is 21.8. The second kappa shape index (κ2) is 8.82. The van der Waals surface area contributed by atoms with Crippen LogP contribution in [0.25, 0.3) is 21.8 Å². The van der Waals surface area contributed by atoms with Crippen LogP contribution in [0.1, 0.15) is 53.4 Å². The molecule has 11 nitrogen and oxygen atoms in total. The first kappa shape index (κ1) is 29.0. The number of nitrogens with one attached hydrogen (secondary N) is 2. The third-order valence-electron chi connectivity index (χ3n) is 11.8. The van der Waals surface area contributed by atoms with Gasteiger partial charge >= 0.3 is 7.82 Å². The van der Waals surface area contributed by atoms with Gasteiger partial charge < -0.3 is 29.4 Å². The normalized spacial score (nSPS) is 30.2. The number of fused-ring (bicyclic) bond motifs is 6. The zero-order chi connectivity index (χ0) is 32.3. The minimum atomic E-state index is -4.89. The molecule has 5 atom stereocenters. The van der Waals surface area contributed by atoms with Gasteiger partial charge in [0, 0.05) is 77.4 Å². The number of alkyl halides is 2. The lowest BCUT2D eigenvalue weighted by molar-refractivity contribution is -0.134. The van der Waals surface area contributed by atoms with Crippen LogP contribution in [0.3, 0.4) is 0 Å². The summed E-state index contributed by atoms with van der Waals surface area (Å²) in [5, 5.41) is 12.5. The average molecular weight is 686 g/mol. The average Bonchev–Trinajstić information content (AvgIpc) is 3.42. The van der Waals surface area contributed by atoms with Crippen LogP contribution in [0.5, 0.6) is 11.5 Å². The number of aromatic amines is 2. The number of hydrogen-bond acceptors (Lipinski definition) is 5. The van der Waals surface area contributed by atoms with E-state index in [0.29, 0.717) is 60.6 Å². The van der Waals surface area contributed by atoms with Crippen LogP contribution in [0.4, 0.5) is 11.4 Å². The van der Waals surface area contributed by atoms with Crippen molar-refractivity contribution in [1.82, 2.24) is 9.97 Å². The molecule has 9 rings (SSSR count). The molecule has 5 aliphatic rings. The number of aryl methyl sites for hydroxylation is 2. The maximum atomic E-state index is 14.5. The van der Waals surface area contributed by atoms with Crippen LogP contribution in [0, 0.1) is 30.1 Å². The fourth-order valence-electron chi connectivity index (χ4n) is 9.78. The fourth-order valence-corrected chi connectivity index (χ4v) is 10.7. The Kier molecular flexibility index (Phi) is 5.55. The maximum absolute atomic E-state index is 14.5. The van der Waals surface area contributed by atoms with E-state index < -0.39 is 24.1 Å². The summed E-state index contributed by atoms with van der Waals surface area (Å²) in [6, 6.07) is 3.18. The van der Waals surface area contributed by atoms with Crippen LogP contribution in [-0.2, 0) is 14.2 Å². The number of amides is 2. The number of carbonyl (C=O) groups is 2. The summed E-state index contributed by atoms with van der Waals surface area (Å²) in [4.78, 5) is 57.8. The molecule has 0 bridgehead atoms. The minimum Gasteiger partial charge on any atom is -0.506 e. The Morgan fingerprint density at radius 1 is 0.891 bits per heavy atom. The van der Waals surface area contributed by atoms with Crippen molar-refractivity contribution in [3.63, 3.8) is 0 Å². The molecule has 5 N–H and O–H groups in total. The van der Waals surface area contributed by atoms with Crippen LogP contribution in [0.2, 0.25) is 0 Å². The molecule has 0 radical (unpaired) electrons. The monoisotopic (exact) mass is 684 g/mol. The number of phosphoric acid groups is 1. The topological polar surface area (TPSA) is 159 Å². The Labute approximate surface area is 273 Å². The van der Waals surface area contributed by atoms with Crippen molar-refractivity contribution in [2.75, 3.05) is 34.6 Å². The molecule has 3 unspecified atom stereocenters. The molecular formula is C32H31Cl2N4O7P. The number of aromatic hydroxyl groups is 1. The van der Waals surface area contributed by atoms with Crippen LogP contribution in [-0.4, -0.2) is 61.5 Å². The van der Waals surface area contributed by atoms with E-state index in [1.165, 1.54) is 6.07 Å². The van der Waals surface area contributed by atoms with Crippen molar-refractivity contribution in [3.8, 4) is 11.5 Å². The van der Waals surface area contributed by atoms with Gasteiger partial charge in [-0.3, -0.25) is 19.4 Å². The van der Waals surface area contributed by atoms with Gasteiger partial charge in [0.1, 0.15) is 5.75 Å². The van der Waals surface area contributed by atoms with Gasteiger partial charge in [-0.2, -0.15) is 0 Å². The number of phenolic OH excluding ortho intramolecular Hbond substituents is 1. The highest BCUT2D eigenvalue weighted by molar-refractivity contribution is 7.46. The van der Waals surface area contributed by atoms with E-state index in [9.17, 15) is 29.0 Å². The fraction of sp³-hybridized carbons (Fsp3) is 0.438. The van der Waals surface area contributed by atoms with E-state index in [2.05, 4.69) is 9.97 Å². The van der Waals surface area contributed by atoms with E-state index in [4.69, 9.17) is 27.7 Å². The molecule has 3 saturated carbocycles. The number of carbonyl (C=O) groups excluding carboxylic acids is 2. The van der Waals surface area contributed by atoms with Gasteiger partial charge in [0.15, 0.2) is 5.75 Å². The molecule has 2 amide bonds. The highest BCUT2D eigenvalue weighted by Gasteiger charge is 3.01. The van der Waals surface area contributed by atoms with E-state index in [-0.39, 0.29) is 41.0 Å². The highest BCUT2D eigenvalue weighted by atomic mass is 35.5. The molecule has 3 fully saturated rings. The van der Waals surface area contributed by atoms with Crippen molar-refractivity contribution < 1.29 is 33.6 Å². The van der Waals surface area contributed by atoms with Crippen molar-refractivity contribution in [2.24, 2.45) is 16.2 Å². The first-order valence-electron chi connectivity index (χ1n) is 15.3. The SMILES string of the molecule is Cc1c[nH]c2c(O)cc3c(c12)[C@H](CCl)CN3C(=O)C12CC3(C(=O)N4C[C@@H](CCl)c5c4cc(OP(=O)(O)O)c4[nH]cc(C)c54)CC13C2. The highest BCUT2D eigenvalue weighted by Crippen LogP contribution is 3.01. The molecule has 2 aliphatic heterocycles. The number of nitrogens with zero attached hydrogens (tertiary/aromatic N) is 2. The second-order valence-electron chi connectivity index (χ2n) is 14.0. The first-order valence-corrected chi connectivity index (χ1v) is 17.9. The lowest BCUT2D eigenvalue weighted by Crippen LogP contribution is -2.49. The molecule has 46 heavy (non-hydrogen) atoms. The predicted molar refractivity (Wildman–Crippen MR) is 173 cm³/mol. The number of benzene rings is 2. The molecule has 2 aromatic carbocycles. The van der Waals surface area contributed by atoms with E-state index in [1.54, 1.807) is 22.1 Å². The van der Waals surface area contributed by atoms with Gasteiger partial charge in [0.05, 0.1) is 33.2 Å². The third kappa shape index (κ3) is 3.30. The minimum absolute atomic E-state index is 0.0170. The second-order valence-corrected chi connectivity index (χ2v) is 15.8. The van der Waals surface area contributed by atoms with Gasteiger partial charge in [-0.05, 0) is 55.4 Å². The molecule has 4 heterocycles. The van der Waals surface area contributed by atoms with E-state index >= 15 is 0 Å². The number of anilines is 2. The molecule has 2 aromatic heterocycles. The van der Waals surface area contributed by atoms with Crippen LogP contribution < -0.4 is 14.3 Å². The molecule has 0 saturated heterocycles. The predicted octanol–water partition coefficient (Wildman–Crippen LogP) is 5.65. The number of H-pyrrole nitrogens is 2. The maximum Gasteiger partial charge on any atom is 0.524 e. The number of hydrogen-bond donors (Lipinski definition) is 5. The summed E-state index contributed by atoms with van der Waals surface area (Å²) < 4.78 is 17.0. The number of phenols is 1. The molecule has 4 aromatic rings. The molecule has 14 heteroatoms. The van der Waals surface area contributed by atoms with Gasteiger partial charge in [0.25, 0.3) is 0 Å². The largest absolute Gasteiger partial charge is 0.524 e. The van der Waals surface area contributed by atoms with Crippen LogP contribution in [0.15, 0.2) is 24.5 Å².